The fourth-order valence-electron chi connectivity index (χ4n) is 3.13. The van der Waals surface area contributed by atoms with Crippen LogP contribution < -0.4 is 4.90 Å². The molecular formula is C19H24BrN3. The van der Waals surface area contributed by atoms with Crippen LogP contribution >= 0.6 is 15.9 Å². The zero-order chi connectivity index (χ0) is 15.9. The number of aromatic nitrogens is 1. The van der Waals surface area contributed by atoms with E-state index in [4.69, 9.17) is 0 Å². The molecule has 23 heavy (non-hydrogen) atoms. The molecule has 1 aromatic carbocycles. The Labute approximate surface area is 147 Å². The van der Waals surface area contributed by atoms with Crippen molar-refractivity contribution in [3.05, 3.63) is 58.7 Å². The van der Waals surface area contributed by atoms with Gasteiger partial charge < -0.3 is 9.80 Å². The molecule has 2 heterocycles. The highest BCUT2D eigenvalue weighted by atomic mass is 79.9. The summed E-state index contributed by atoms with van der Waals surface area (Å²) in [4.78, 5) is 9.54. The normalized spacial score (nSPS) is 16.3. The Morgan fingerprint density at radius 2 is 1.83 bits per heavy atom. The zero-order valence-corrected chi connectivity index (χ0v) is 15.1. The average molecular weight is 374 g/mol. The molecule has 0 amide bonds. The van der Waals surface area contributed by atoms with Crippen LogP contribution in [0.5, 0.6) is 0 Å². The number of rotatable bonds is 5. The minimum Gasteiger partial charge on any atom is -0.355 e. The summed E-state index contributed by atoms with van der Waals surface area (Å²) in [6.07, 6.45) is 5.51. The molecular weight excluding hydrogens is 350 g/mol. The van der Waals surface area contributed by atoms with E-state index in [1.165, 1.54) is 37.9 Å². The molecule has 1 aromatic heterocycles. The number of hydrogen-bond acceptors (Lipinski definition) is 3. The number of halogens is 1. The van der Waals surface area contributed by atoms with Crippen molar-refractivity contribution < 1.29 is 0 Å². The third kappa shape index (κ3) is 5.05. The molecule has 122 valence electrons. The fraction of sp³-hybridized carbons (Fsp3) is 0.421. The first kappa shape index (κ1) is 16.5. The van der Waals surface area contributed by atoms with E-state index in [1.807, 2.05) is 6.20 Å². The van der Waals surface area contributed by atoms with E-state index < -0.39 is 0 Å². The van der Waals surface area contributed by atoms with Crippen molar-refractivity contribution in [1.29, 1.82) is 0 Å². The van der Waals surface area contributed by atoms with Gasteiger partial charge in [0.05, 0.1) is 0 Å². The SMILES string of the molecule is Brc1ccc(N2CCCN(CCCc3ccccc3)CC2)nc1. The number of pyridine rings is 1. The van der Waals surface area contributed by atoms with Gasteiger partial charge in [-0.25, -0.2) is 4.98 Å². The highest BCUT2D eigenvalue weighted by Crippen LogP contribution is 2.17. The summed E-state index contributed by atoms with van der Waals surface area (Å²) in [6, 6.07) is 15.0. The molecule has 0 spiro atoms. The molecule has 1 aliphatic heterocycles. The minimum absolute atomic E-state index is 1.04. The summed E-state index contributed by atoms with van der Waals surface area (Å²) in [5.74, 6) is 1.10. The van der Waals surface area contributed by atoms with Gasteiger partial charge in [0, 0.05) is 30.3 Å². The molecule has 0 aliphatic carbocycles. The molecule has 4 heteroatoms. The lowest BCUT2D eigenvalue weighted by atomic mass is 10.1. The van der Waals surface area contributed by atoms with Crippen LogP contribution in [0.15, 0.2) is 53.1 Å². The first-order valence-electron chi connectivity index (χ1n) is 8.44. The molecule has 1 aliphatic rings. The van der Waals surface area contributed by atoms with Crippen molar-refractivity contribution in [3.63, 3.8) is 0 Å². The molecule has 0 saturated carbocycles. The summed E-state index contributed by atoms with van der Waals surface area (Å²) in [6.45, 7) is 5.69. The van der Waals surface area contributed by atoms with Crippen LogP contribution in [0.3, 0.4) is 0 Å². The first-order valence-corrected chi connectivity index (χ1v) is 9.23. The number of anilines is 1. The van der Waals surface area contributed by atoms with E-state index in [2.05, 4.69) is 73.2 Å². The van der Waals surface area contributed by atoms with Gasteiger partial charge in [-0.1, -0.05) is 30.3 Å². The van der Waals surface area contributed by atoms with Crippen molar-refractivity contribution >= 4 is 21.7 Å². The van der Waals surface area contributed by atoms with Gasteiger partial charge in [0.25, 0.3) is 0 Å². The Bertz CT molecular complexity index is 585. The second-order valence-corrected chi connectivity index (χ2v) is 7.02. The van der Waals surface area contributed by atoms with Crippen LogP contribution in [0.1, 0.15) is 18.4 Å². The smallest absolute Gasteiger partial charge is 0.128 e. The van der Waals surface area contributed by atoms with Gasteiger partial charge in [-0.05, 0) is 66.0 Å². The molecule has 0 N–H and O–H groups in total. The predicted octanol–water partition coefficient (Wildman–Crippen LogP) is 3.99. The number of aryl methyl sites for hydroxylation is 1. The lowest BCUT2D eigenvalue weighted by Crippen LogP contribution is -2.31. The van der Waals surface area contributed by atoms with E-state index in [9.17, 15) is 0 Å². The quantitative estimate of drug-likeness (QED) is 0.789. The Kier molecular flexibility index (Phi) is 6.06. The Morgan fingerprint density at radius 3 is 2.61 bits per heavy atom. The summed E-state index contributed by atoms with van der Waals surface area (Å²) < 4.78 is 1.04. The molecule has 0 unspecified atom stereocenters. The van der Waals surface area contributed by atoms with Gasteiger partial charge in [0.2, 0.25) is 0 Å². The van der Waals surface area contributed by atoms with E-state index in [0.29, 0.717) is 0 Å². The van der Waals surface area contributed by atoms with E-state index in [1.54, 1.807) is 0 Å². The number of benzene rings is 1. The number of nitrogens with zero attached hydrogens (tertiary/aromatic N) is 3. The Hall–Kier alpha value is -1.39. The van der Waals surface area contributed by atoms with Gasteiger partial charge >= 0.3 is 0 Å². The van der Waals surface area contributed by atoms with Crippen molar-refractivity contribution in [3.8, 4) is 0 Å². The molecule has 0 atom stereocenters. The first-order chi connectivity index (χ1) is 11.3. The maximum Gasteiger partial charge on any atom is 0.128 e. The standard InChI is InChI=1S/C19H24BrN3/c20-18-9-10-19(21-16-18)23-13-5-12-22(14-15-23)11-4-8-17-6-2-1-3-7-17/h1-3,6-7,9-10,16H,4-5,8,11-15H2. The largest absolute Gasteiger partial charge is 0.355 e. The van der Waals surface area contributed by atoms with Crippen LogP contribution in [0.25, 0.3) is 0 Å². The minimum atomic E-state index is 1.04. The van der Waals surface area contributed by atoms with E-state index in [-0.39, 0.29) is 0 Å². The maximum atomic E-state index is 4.53. The maximum absolute atomic E-state index is 4.53. The summed E-state index contributed by atoms with van der Waals surface area (Å²) in [5.41, 5.74) is 1.45. The Balaban J connectivity index is 1.46. The van der Waals surface area contributed by atoms with Gasteiger partial charge in [-0.2, -0.15) is 0 Å². The zero-order valence-electron chi connectivity index (χ0n) is 13.5. The second kappa shape index (κ2) is 8.46. The highest BCUT2D eigenvalue weighted by molar-refractivity contribution is 9.10. The predicted molar refractivity (Wildman–Crippen MR) is 100.0 cm³/mol. The van der Waals surface area contributed by atoms with Gasteiger partial charge in [-0.3, -0.25) is 0 Å². The van der Waals surface area contributed by atoms with Gasteiger partial charge in [0.1, 0.15) is 5.82 Å². The topological polar surface area (TPSA) is 19.4 Å². The van der Waals surface area contributed by atoms with Gasteiger partial charge in [0.15, 0.2) is 0 Å². The van der Waals surface area contributed by atoms with Crippen molar-refractivity contribution in [2.75, 3.05) is 37.6 Å². The summed E-state index contributed by atoms with van der Waals surface area (Å²) >= 11 is 3.45. The van der Waals surface area contributed by atoms with Crippen LogP contribution in [-0.4, -0.2) is 42.6 Å². The number of hydrogen-bond donors (Lipinski definition) is 0. The van der Waals surface area contributed by atoms with Crippen LogP contribution in [0.2, 0.25) is 0 Å². The fourth-order valence-corrected chi connectivity index (χ4v) is 3.36. The third-order valence-electron chi connectivity index (χ3n) is 4.41. The van der Waals surface area contributed by atoms with Gasteiger partial charge in [-0.15, -0.1) is 0 Å². The molecule has 1 fully saturated rings. The molecule has 0 radical (unpaired) electrons. The van der Waals surface area contributed by atoms with E-state index in [0.717, 1.165) is 29.9 Å². The third-order valence-corrected chi connectivity index (χ3v) is 4.88. The molecule has 3 rings (SSSR count). The average Bonchev–Trinajstić information content (AvgIpc) is 2.82. The molecule has 2 aromatic rings. The molecule has 1 saturated heterocycles. The van der Waals surface area contributed by atoms with Crippen LogP contribution in [0.4, 0.5) is 5.82 Å². The monoisotopic (exact) mass is 373 g/mol. The highest BCUT2D eigenvalue weighted by Gasteiger charge is 2.15. The second-order valence-electron chi connectivity index (χ2n) is 6.11. The van der Waals surface area contributed by atoms with Crippen LogP contribution in [-0.2, 0) is 6.42 Å². The van der Waals surface area contributed by atoms with E-state index >= 15 is 0 Å². The van der Waals surface area contributed by atoms with Crippen molar-refractivity contribution in [2.24, 2.45) is 0 Å². The summed E-state index contributed by atoms with van der Waals surface area (Å²) in [7, 11) is 0. The molecule has 3 nitrogen and oxygen atoms in total. The van der Waals surface area contributed by atoms with Crippen molar-refractivity contribution in [1.82, 2.24) is 9.88 Å². The molecule has 0 bridgehead atoms. The van der Waals surface area contributed by atoms with Crippen molar-refractivity contribution in [2.45, 2.75) is 19.3 Å². The van der Waals surface area contributed by atoms with Crippen LogP contribution in [0, 0.1) is 0 Å². The summed E-state index contributed by atoms with van der Waals surface area (Å²) in [5, 5.41) is 0. The Morgan fingerprint density at radius 1 is 0.957 bits per heavy atom. The lowest BCUT2D eigenvalue weighted by molar-refractivity contribution is 0.290. The lowest BCUT2D eigenvalue weighted by Gasteiger charge is -2.22.